The minimum absolute atomic E-state index is 0.0683. The predicted molar refractivity (Wildman–Crippen MR) is 121 cm³/mol. The van der Waals surface area contributed by atoms with Crippen molar-refractivity contribution in [1.29, 1.82) is 0 Å². The van der Waals surface area contributed by atoms with Crippen LogP contribution in [-0.4, -0.2) is 24.1 Å². The lowest BCUT2D eigenvalue weighted by Gasteiger charge is -2.20. The van der Waals surface area contributed by atoms with Crippen LogP contribution in [0.1, 0.15) is 62.5 Å². The number of carbonyl (C=O) groups excluding carboxylic acids is 2. The molecule has 0 unspecified atom stereocenters. The lowest BCUT2D eigenvalue weighted by atomic mass is 9.94. The van der Waals surface area contributed by atoms with Gasteiger partial charge >= 0.3 is 6.09 Å². The summed E-state index contributed by atoms with van der Waals surface area (Å²) in [7, 11) is 0. The van der Waals surface area contributed by atoms with Crippen molar-refractivity contribution in [2.24, 2.45) is 5.92 Å². The third-order valence-corrected chi connectivity index (χ3v) is 4.64. The van der Waals surface area contributed by atoms with Gasteiger partial charge < -0.3 is 15.4 Å². The van der Waals surface area contributed by atoms with Gasteiger partial charge in [0, 0.05) is 18.7 Å². The highest BCUT2D eigenvalue weighted by molar-refractivity contribution is 5.96. The standard InChI is InChI=1S/C25H34N2O3/c1-17(2)13-14-26-23(28)19-12-11-18(3)22(15-19)21-10-8-7-9-20(21)16-27-24(29)30-25(4,5)6/h7-12,15,17H,13-14,16H2,1-6H3,(H,26,28)(H,27,29). The van der Waals surface area contributed by atoms with Gasteiger partial charge in [0.05, 0.1) is 0 Å². The number of ether oxygens (including phenoxy) is 1. The van der Waals surface area contributed by atoms with Crippen LogP contribution in [0.3, 0.4) is 0 Å². The molecule has 2 rings (SSSR count). The van der Waals surface area contributed by atoms with Gasteiger partial charge in [-0.25, -0.2) is 4.79 Å². The Morgan fingerprint density at radius 3 is 2.37 bits per heavy atom. The van der Waals surface area contributed by atoms with Crippen LogP contribution in [0.25, 0.3) is 11.1 Å². The minimum Gasteiger partial charge on any atom is -0.444 e. The highest BCUT2D eigenvalue weighted by Crippen LogP contribution is 2.28. The van der Waals surface area contributed by atoms with Crippen LogP contribution in [0.4, 0.5) is 4.79 Å². The number of benzene rings is 2. The molecule has 0 heterocycles. The van der Waals surface area contributed by atoms with Crippen LogP contribution >= 0.6 is 0 Å². The number of hydrogen-bond donors (Lipinski definition) is 2. The summed E-state index contributed by atoms with van der Waals surface area (Å²) in [6, 6.07) is 13.6. The van der Waals surface area contributed by atoms with Crippen molar-refractivity contribution in [3.05, 3.63) is 59.2 Å². The molecular formula is C25H34N2O3. The van der Waals surface area contributed by atoms with Gasteiger partial charge in [-0.1, -0.05) is 44.2 Å². The Labute approximate surface area is 180 Å². The van der Waals surface area contributed by atoms with Crippen LogP contribution < -0.4 is 10.6 Å². The topological polar surface area (TPSA) is 67.4 Å². The summed E-state index contributed by atoms with van der Waals surface area (Å²) < 4.78 is 5.33. The number of amides is 2. The van der Waals surface area contributed by atoms with Crippen molar-refractivity contribution in [3.63, 3.8) is 0 Å². The van der Waals surface area contributed by atoms with Gasteiger partial charge in [0.2, 0.25) is 0 Å². The zero-order valence-electron chi connectivity index (χ0n) is 19.0. The normalized spacial score (nSPS) is 11.3. The van der Waals surface area contributed by atoms with E-state index in [0.29, 0.717) is 24.6 Å². The van der Waals surface area contributed by atoms with Crippen molar-refractivity contribution in [2.45, 2.75) is 60.1 Å². The number of nitrogens with one attached hydrogen (secondary N) is 2. The highest BCUT2D eigenvalue weighted by atomic mass is 16.6. The van der Waals surface area contributed by atoms with Crippen molar-refractivity contribution in [2.75, 3.05) is 6.54 Å². The third-order valence-electron chi connectivity index (χ3n) is 4.64. The SMILES string of the molecule is Cc1ccc(C(=O)NCCC(C)C)cc1-c1ccccc1CNC(=O)OC(C)(C)C. The third kappa shape index (κ3) is 7.21. The predicted octanol–water partition coefficient (Wildman–Crippen LogP) is 5.46. The Balaban J connectivity index is 2.21. The molecule has 162 valence electrons. The second kappa shape index (κ2) is 10.3. The molecule has 2 N–H and O–H groups in total. The molecule has 0 bridgehead atoms. The summed E-state index contributed by atoms with van der Waals surface area (Å²) in [5, 5.41) is 5.81. The van der Waals surface area contributed by atoms with Crippen LogP contribution in [0, 0.1) is 12.8 Å². The summed E-state index contributed by atoms with van der Waals surface area (Å²) in [5.74, 6) is 0.476. The zero-order chi connectivity index (χ0) is 22.3. The molecule has 2 aromatic rings. The Morgan fingerprint density at radius 1 is 1.00 bits per heavy atom. The second-order valence-electron chi connectivity index (χ2n) is 8.98. The van der Waals surface area contributed by atoms with E-state index in [1.54, 1.807) is 0 Å². The number of rotatable bonds is 7. The van der Waals surface area contributed by atoms with Gasteiger partial charge in [0.1, 0.15) is 5.60 Å². The summed E-state index contributed by atoms with van der Waals surface area (Å²) in [6.07, 6.45) is 0.496. The van der Waals surface area contributed by atoms with Crippen LogP contribution in [0.15, 0.2) is 42.5 Å². The molecule has 0 aromatic heterocycles. The van der Waals surface area contributed by atoms with Gasteiger partial charge in [-0.2, -0.15) is 0 Å². The maximum atomic E-state index is 12.6. The molecule has 0 saturated carbocycles. The lowest BCUT2D eigenvalue weighted by Crippen LogP contribution is -2.32. The first kappa shape index (κ1) is 23.5. The fourth-order valence-electron chi connectivity index (χ4n) is 3.05. The van der Waals surface area contributed by atoms with Gasteiger partial charge in [0.15, 0.2) is 0 Å². The lowest BCUT2D eigenvalue weighted by molar-refractivity contribution is 0.0523. The second-order valence-corrected chi connectivity index (χ2v) is 8.98. The minimum atomic E-state index is -0.544. The first-order valence-corrected chi connectivity index (χ1v) is 10.5. The summed E-state index contributed by atoms with van der Waals surface area (Å²) >= 11 is 0. The molecule has 0 spiro atoms. The molecule has 5 nitrogen and oxygen atoms in total. The molecule has 30 heavy (non-hydrogen) atoms. The highest BCUT2D eigenvalue weighted by Gasteiger charge is 2.17. The van der Waals surface area contributed by atoms with E-state index in [0.717, 1.165) is 28.7 Å². The molecule has 0 radical (unpaired) electrons. The van der Waals surface area contributed by atoms with Crippen molar-refractivity contribution in [3.8, 4) is 11.1 Å². The summed E-state index contributed by atoms with van der Waals surface area (Å²) in [6.45, 7) is 12.8. The molecule has 0 aliphatic carbocycles. The molecule has 2 aromatic carbocycles. The molecule has 0 saturated heterocycles. The van der Waals surface area contributed by atoms with E-state index in [-0.39, 0.29) is 5.91 Å². The van der Waals surface area contributed by atoms with E-state index in [2.05, 4.69) is 24.5 Å². The molecule has 0 aliphatic heterocycles. The van der Waals surface area contributed by atoms with Gasteiger partial charge in [0.25, 0.3) is 5.91 Å². The van der Waals surface area contributed by atoms with E-state index >= 15 is 0 Å². The number of carbonyl (C=O) groups is 2. The van der Waals surface area contributed by atoms with E-state index in [1.807, 2.05) is 70.2 Å². The summed E-state index contributed by atoms with van der Waals surface area (Å²) in [4.78, 5) is 24.6. The zero-order valence-corrected chi connectivity index (χ0v) is 19.0. The van der Waals surface area contributed by atoms with E-state index in [1.165, 1.54) is 0 Å². The Kier molecular flexibility index (Phi) is 8.04. The van der Waals surface area contributed by atoms with Gasteiger partial charge in [-0.3, -0.25) is 4.79 Å². The Morgan fingerprint density at radius 2 is 1.70 bits per heavy atom. The molecule has 5 heteroatoms. The van der Waals surface area contributed by atoms with Crippen molar-refractivity contribution in [1.82, 2.24) is 10.6 Å². The smallest absolute Gasteiger partial charge is 0.407 e. The van der Waals surface area contributed by atoms with Crippen LogP contribution in [-0.2, 0) is 11.3 Å². The fourth-order valence-corrected chi connectivity index (χ4v) is 3.05. The first-order chi connectivity index (χ1) is 14.1. The maximum absolute atomic E-state index is 12.6. The van der Waals surface area contributed by atoms with Gasteiger partial charge in [-0.05, 0) is 74.4 Å². The number of alkyl carbamates (subject to hydrolysis) is 1. The van der Waals surface area contributed by atoms with E-state index < -0.39 is 11.7 Å². The number of aryl methyl sites for hydroxylation is 1. The Bertz CT molecular complexity index is 882. The summed E-state index contributed by atoms with van der Waals surface area (Å²) in [5.41, 5.74) is 4.09. The van der Waals surface area contributed by atoms with E-state index in [9.17, 15) is 9.59 Å². The molecule has 2 amide bonds. The monoisotopic (exact) mass is 410 g/mol. The maximum Gasteiger partial charge on any atom is 0.407 e. The fraction of sp³-hybridized carbons (Fsp3) is 0.440. The average Bonchev–Trinajstić information content (AvgIpc) is 2.65. The average molecular weight is 411 g/mol. The molecule has 0 atom stereocenters. The van der Waals surface area contributed by atoms with Crippen molar-refractivity contribution < 1.29 is 14.3 Å². The van der Waals surface area contributed by atoms with E-state index in [4.69, 9.17) is 4.74 Å². The molecule has 0 fully saturated rings. The Hall–Kier alpha value is -2.82. The quantitative estimate of drug-likeness (QED) is 0.637. The van der Waals surface area contributed by atoms with Crippen molar-refractivity contribution >= 4 is 12.0 Å². The molecular weight excluding hydrogens is 376 g/mol. The van der Waals surface area contributed by atoms with Gasteiger partial charge in [-0.15, -0.1) is 0 Å². The van der Waals surface area contributed by atoms with Crippen LogP contribution in [0.2, 0.25) is 0 Å². The number of hydrogen-bond acceptors (Lipinski definition) is 3. The van der Waals surface area contributed by atoms with Crippen LogP contribution in [0.5, 0.6) is 0 Å². The molecule has 0 aliphatic rings. The first-order valence-electron chi connectivity index (χ1n) is 10.5. The largest absolute Gasteiger partial charge is 0.444 e.